The molecule has 12 aromatic rings. The van der Waals surface area contributed by atoms with Gasteiger partial charge in [0.15, 0.2) is 0 Å². The number of amides is 4. The molecule has 13 N–H and O–H groups in total. The smallest absolute Gasteiger partial charge is 0.271 e. The monoisotopic (exact) mass is 1770 g/mol. The number of benzene rings is 4. The summed E-state index contributed by atoms with van der Waals surface area (Å²) < 4.78 is 5.87. The van der Waals surface area contributed by atoms with Crippen molar-refractivity contribution < 1.29 is 29.0 Å². The molecule has 17 rings (SSSR count). The molecule has 0 spiro atoms. The Kier molecular flexibility index (Phi) is 31.7. The van der Waals surface area contributed by atoms with E-state index in [0.29, 0.717) is 115 Å². The number of piperazine rings is 1. The van der Waals surface area contributed by atoms with Gasteiger partial charge in [-0.2, -0.15) is 5.26 Å². The van der Waals surface area contributed by atoms with E-state index in [1.807, 2.05) is 48.5 Å². The topological polar surface area (TPSA) is 456 Å². The van der Waals surface area contributed by atoms with Crippen LogP contribution >= 0.6 is 0 Å². The molecule has 0 bridgehead atoms. The molecule has 676 valence electrons. The normalized spacial score (nSPS) is 15.2. The highest BCUT2D eigenvalue weighted by Crippen LogP contribution is 2.32. The number of carbonyl (C=O) groups is 4. The molecule has 4 aromatic carbocycles. The van der Waals surface area contributed by atoms with Crippen molar-refractivity contribution in [1.82, 2.24) is 69.9 Å². The van der Waals surface area contributed by atoms with Crippen molar-refractivity contribution in [1.29, 1.82) is 5.26 Å². The number of nitrogens with zero attached hydrogens (tertiary/aromatic N) is 13. The van der Waals surface area contributed by atoms with Crippen LogP contribution in [0.4, 0.5) is 57.3 Å². The predicted octanol–water partition coefficient (Wildman–Crippen LogP) is 10.7. The van der Waals surface area contributed by atoms with Crippen LogP contribution in [-0.4, -0.2) is 219 Å². The summed E-state index contributed by atoms with van der Waals surface area (Å²) >= 11 is 0. The average Bonchev–Trinajstić information content (AvgIpc) is 1.60. The van der Waals surface area contributed by atoms with Gasteiger partial charge in [0, 0.05) is 190 Å². The quantitative estimate of drug-likeness (QED) is 0.0253. The number of aliphatic hydroxyl groups excluding tert-OH is 1. The fraction of sp³-hybridized carbons (Fsp3) is 0.312. The molecule has 0 saturated carbocycles. The molecule has 0 radical (unpaired) electrons. The van der Waals surface area contributed by atoms with E-state index in [9.17, 15) is 38.4 Å². The van der Waals surface area contributed by atoms with Gasteiger partial charge in [-0.1, -0.05) is 0 Å². The lowest BCUT2D eigenvalue weighted by Gasteiger charge is -2.34. The first-order valence-corrected chi connectivity index (χ1v) is 43.9. The van der Waals surface area contributed by atoms with Crippen LogP contribution in [-0.2, 0) is 0 Å². The van der Waals surface area contributed by atoms with Gasteiger partial charge in [0.25, 0.3) is 45.9 Å². The summed E-state index contributed by atoms with van der Waals surface area (Å²) in [6, 6.07) is 40.0. The number of aliphatic hydroxyl groups is 1. The summed E-state index contributed by atoms with van der Waals surface area (Å²) in [5.74, 6) is 2.23. The highest BCUT2D eigenvalue weighted by molar-refractivity contribution is 6.07. The van der Waals surface area contributed by atoms with Crippen LogP contribution in [0.15, 0.2) is 221 Å². The molecule has 5 fully saturated rings. The van der Waals surface area contributed by atoms with Gasteiger partial charge in [-0.05, 0) is 230 Å². The van der Waals surface area contributed by atoms with Crippen LogP contribution in [0.1, 0.15) is 105 Å². The van der Waals surface area contributed by atoms with Crippen molar-refractivity contribution in [2.75, 3.05) is 172 Å². The predicted molar refractivity (Wildman–Crippen MR) is 509 cm³/mol. The molecule has 5 aliphatic heterocycles. The van der Waals surface area contributed by atoms with Gasteiger partial charge >= 0.3 is 0 Å². The zero-order valence-corrected chi connectivity index (χ0v) is 73.5. The summed E-state index contributed by atoms with van der Waals surface area (Å²) in [5, 5.41) is 41.1. The number of likely N-dealkylation sites (N-methyl/N-ethyl adjacent to an activating group) is 1. The highest BCUT2D eigenvalue weighted by atomic mass is 16.5. The number of anilines is 10. The van der Waals surface area contributed by atoms with Gasteiger partial charge in [0.2, 0.25) is 0 Å². The zero-order valence-electron chi connectivity index (χ0n) is 73.5. The number of nitriles is 1. The lowest BCUT2D eigenvalue weighted by Crippen LogP contribution is -2.44. The second-order valence-corrected chi connectivity index (χ2v) is 32.4. The van der Waals surface area contributed by atoms with Crippen LogP contribution in [0.3, 0.4) is 0 Å². The van der Waals surface area contributed by atoms with Crippen molar-refractivity contribution in [3.8, 4) is 56.7 Å². The molecule has 8 aromatic heterocycles. The van der Waals surface area contributed by atoms with Crippen LogP contribution in [0.5, 0.6) is 5.75 Å². The first-order valence-electron chi connectivity index (χ1n) is 43.9. The number of pyridine rings is 5. The fourth-order valence-electron chi connectivity index (χ4n) is 16.0. The molecule has 5 aliphatic rings. The van der Waals surface area contributed by atoms with Crippen LogP contribution in [0.2, 0.25) is 0 Å². The minimum atomic E-state index is -0.401. The second-order valence-electron chi connectivity index (χ2n) is 32.4. The Balaban J connectivity index is 0.000000141. The molecular weight excluding hydrogens is 1660 g/mol. The minimum absolute atomic E-state index is 0.135. The number of hydrogen-bond donors (Lipinski definition) is 13. The lowest BCUT2D eigenvalue weighted by atomic mass is 9.93. The molecule has 1 atom stereocenters. The van der Waals surface area contributed by atoms with Gasteiger partial charge < -0.3 is 96.8 Å². The van der Waals surface area contributed by atoms with Crippen LogP contribution < -0.4 is 84.2 Å². The first kappa shape index (κ1) is 92.1. The summed E-state index contributed by atoms with van der Waals surface area (Å²) in [7, 11) is 7.36. The Bertz CT molecular complexity index is 6200. The third kappa shape index (κ3) is 25.0. The average molecular weight is 1770 g/mol. The maximum absolute atomic E-state index is 12.9. The van der Waals surface area contributed by atoms with Gasteiger partial charge in [-0.3, -0.25) is 58.3 Å². The molecular formula is C96H107N25O10. The van der Waals surface area contributed by atoms with Crippen molar-refractivity contribution in [2.24, 2.45) is 11.8 Å². The number of hydrogen-bond acceptors (Lipinski definition) is 27. The lowest BCUT2D eigenvalue weighted by molar-refractivity contribution is 0.101. The number of likely N-dealkylation sites (tertiary alicyclic amines) is 1. The van der Waals surface area contributed by atoms with Gasteiger partial charge in [0.05, 0.1) is 66.4 Å². The van der Waals surface area contributed by atoms with Gasteiger partial charge in [-0.25, -0.2) is 15.0 Å². The van der Waals surface area contributed by atoms with E-state index in [1.165, 1.54) is 51.2 Å². The van der Waals surface area contributed by atoms with Crippen molar-refractivity contribution >= 4 is 80.9 Å². The number of nitrogens with one attached hydrogen (secondary N) is 12. The highest BCUT2D eigenvalue weighted by Gasteiger charge is 2.29. The molecule has 0 aliphatic carbocycles. The standard InChI is InChI=1S/C27H28N6O2.C24H28N6O3.C23H26N6O3.C22H25N7O2/c28-14-19-12-21(16-29-15-19)22-13-25(27(35)30-17-22)31-26(34)20-5-7-23(8-6-20)33-11-3-4-24(33)18-32-9-1-2-10-32;1-25-22-15-26-14-21(28-22)18-12-20(24(33)27-13-18)29-23(32)17-2-4-19(5-3-17)30-9-6-16(7-10-30)8-11-31;1-24-21-13-26-12-20(28-21)17-10-19(23(31)27-11-17)29-22(30)16-2-4-18(5-3-16)32-14-15-6-8-25-9-7-15;1-23-20-14-24-13-19(26-20)16-11-18(22(31)25-12-16)27-21(30)15-3-5-17(6-4-15)29-9-7-28(2)8-10-29/h5-8,12-13,15-17,24H,1-4,9-11,18H2,(H,30,35)(H,31,34);2-5,12-16,31H,6-11H2,1H3,(H,25,28)(H,27,33)(H,29,32);2-5,10-13,15,25H,6-9,14H2,1H3,(H,24,28)(H,27,31)(H,29,30);3-6,11-14H,7-10H2,1-2H3,(H,23,26)(H,25,31)(H,27,30)/t24-;;;/m0.../s1. The summed E-state index contributed by atoms with van der Waals surface area (Å²) in [4.78, 5) is 152. The van der Waals surface area contributed by atoms with E-state index < -0.39 is 16.7 Å². The Morgan fingerprint density at radius 1 is 0.443 bits per heavy atom. The van der Waals surface area contributed by atoms with Gasteiger partial charge in [-0.15, -0.1) is 0 Å². The van der Waals surface area contributed by atoms with Crippen molar-refractivity contribution in [2.45, 2.75) is 63.8 Å². The number of H-pyrrole nitrogens is 4. The third-order valence-electron chi connectivity index (χ3n) is 23.6. The Hall–Kier alpha value is -15.1. The summed E-state index contributed by atoms with van der Waals surface area (Å²) in [6.07, 6.45) is 29.0. The van der Waals surface area contributed by atoms with Crippen molar-refractivity contribution in [3.63, 3.8) is 0 Å². The zero-order chi connectivity index (χ0) is 91.5. The molecule has 131 heavy (non-hydrogen) atoms. The van der Waals surface area contributed by atoms with E-state index in [1.54, 1.807) is 162 Å². The number of aromatic amines is 4. The Labute approximate surface area is 756 Å². The summed E-state index contributed by atoms with van der Waals surface area (Å²) in [6.45, 7) is 13.4. The van der Waals surface area contributed by atoms with E-state index in [-0.39, 0.29) is 58.5 Å². The fourth-order valence-corrected chi connectivity index (χ4v) is 16.0. The number of carbonyl (C=O) groups excluding carboxylic acids is 4. The Morgan fingerprint density at radius 3 is 1.27 bits per heavy atom. The van der Waals surface area contributed by atoms with Crippen LogP contribution in [0.25, 0.3) is 44.9 Å². The number of ether oxygens (including phenoxy) is 1. The number of aromatic nitrogens is 11. The Morgan fingerprint density at radius 2 is 0.847 bits per heavy atom. The maximum Gasteiger partial charge on any atom is 0.271 e. The first-order chi connectivity index (χ1) is 63.8. The second kappa shape index (κ2) is 45.0. The minimum Gasteiger partial charge on any atom is -0.493 e. The largest absolute Gasteiger partial charge is 0.493 e. The maximum atomic E-state index is 12.9. The van der Waals surface area contributed by atoms with E-state index in [2.05, 4.69) is 135 Å². The third-order valence-corrected chi connectivity index (χ3v) is 23.6. The van der Waals surface area contributed by atoms with Gasteiger partial charge in [0.1, 0.15) is 52.0 Å². The number of rotatable bonds is 25. The summed E-state index contributed by atoms with van der Waals surface area (Å²) in [5.41, 5.74) is 9.52. The molecule has 5 saturated heterocycles. The molecule has 13 heterocycles. The number of piperidine rings is 2. The van der Waals surface area contributed by atoms with Crippen molar-refractivity contribution in [3.05, 3.63) is 271 Å². The van der Waals surface area contributed by atoms with E-state index in [0.717, 1.165) is 120 Å². The van der Waals surface area contributed by atoms with E-state index >= 15 is 0 Å². The SMILES string of the molecule is CNc1cncc(-c2c[nH]c(=O)c(NC(=O)c3ccc(N4CCC(CCO)CC4)cc3)c2)n1.CNc1cncc(-c2c[nH]c(=O)c(NC(=O)c3ccc(N4CCN(C)CC4)cc3)c2)n1.CNc1cncc(-c2c[nH]c(=O)c(NC(=O)c3ccc(OCC4CCNCC4)cc3)c2)n1.N#Cc1cncc(-c2c[nH]c(=O)c(NC(=O)c3ccc(N4CCC[C@H]4CN4CCCC4)cc3)c2)c1. The molecule has 4 amide bonds. The molecule has 0 unspecified atom stereocenters. The molecule has 35 heteroatoms. The van der Waals surface area contributed by atoms with Crippen LogP contribution in [0, 0.1) is 23.2 Å². The molecule has 35 nitrogen and oxygen atoms in total. The van der Waals surface area contributed by atoms with E-state index in [4.69, 9.17) is 15.1 Å².